The largest absolute Gasteiger partial charge is 0.457 e. The zero-order chi connectivity index (χ0) is 27.6. The van der Waals surface area contributed by atoms with Crippen molar-refractivity contribution < 1.29 is 4.74 Å². The molecule has 4 heteroatoms. The van der Waals surface area contributed by atoms with Crippen LogP contribution in [0.2, 0.25) is 0 Å². The molecule has 0 fully saturated rings. The summed E-state index contributed by atoms with van der Waals surface area (Å²) in [5, 5.41) is 0. The van der Waals surface area contributed by atoms with Gasteiger partial charge >= 0.3 is 0 Å². The molecule has 0 spiro atoms. The number of hydrogen-bond acceptors (Lipinski definition) is 4. The number of ether oxygens (including phenoxy) is 1. The van der Waals surface area contributed by atoms with Gasteiger partial charge in [-0.1, -0.05) is 84.9 Å². The van der Waals surface area contributed by atoms with Crippen LogP contribution in [0.4, 0.5) is 17.1 Å². The number of benzene rings is 5. The monoisotopic (exact) mass is 531 g/mol. The fourth-order valence-corrected chi connectivity index (χ4v) is 5.42. The Morgan fingerprint density at radius 1 is 0.537 bits per heavy atom. The van der Waals surface area contributed by atoms with Gasteiger partial charge in [0.1, 0.15) is 11.5 Å². The number of hydrogen-bond donors (Lipinski definition) is 0. The van der Waals surface area contributed by atoms with Crippen molar-refractivity contribution in [3.05, 3.63) is 146 Å². The van der Waals surface area contributed by atoms with E-state index in [1.54, 1.807) is 0 Å². The predicted molar refractivity (Wildman–Crippen MR) is 169 cm³/mol. The van der Waals surface area contributed by atoms with Crippen LogP contribution in [0.1, 0.15) is 0 Å². The van der Waals surface area contributed by atoms with Gasteiger partial charge in [-0.2, -0.15) is 0 Å². The van der Waals surface area contributed by atoms with Crippen molar-refractivity contribution in [3.63, 3.8) is 0 Å². The molecule has 41 heavy (non-hydrogen) atoms. The fraction of sp³-hybridized carbons (Fsp3) is 0.0541. The number of fused-ring (bicyclic) bond motifs is 1. The highest BCUT2D eigenvalue weighted by Gasteiger charge is 2.25. The lowest BCUT2D eigenvalue weighted by atomic mass is 10.0. The average molecular weight is 532 g/mol. The molecule has 0 saturated heterocycles. The first kappa shape index (κ1) is 24.7. The SMILES string of the molecule is CN1CN(c2cccc(Oc3cccc(-c4cc(-c5ccccc5)ccn4)c3)c2)c2ccc(-c3ccccc3)cc21. The summed E-state index contributed by atoms with van der Waals surface area (Å²) >= 11 is 0. The van der Waals surface area contributed by atoms with E-state index in [9.17, 15) is 0 Å². The molecule has 0 bridgehead atoms. The first-order chi connectivity index (χ1) is 20.2. The van der Waals surface area contributed by atoms with Crippen molar-refractivity contribution in [1.29, 1.82) is 0 Å². The van der Waals surface area contributed by atoms with Crippen molar-refractivity contribution in [3.8, 4) is 45.0 Å². The van der Waals surface area contributed by atoms with Crippen LogP contribution in [0, 0.1) is 0 Å². The molecule has 0 unspecified atom stereocenters. The third-order valence-corrected chi connectivity index (χ3v) is 7.50. The molecule has 4 nitrogen and oxygen atoms in total. The molecule has 0 aliphatic carbocycles. The van der Waals surface area contributed by atoms with E-state index in [4.69, 9.17) is 4.74 Å². The Morgan fingerprint density at radius 3 is 1.95 bits per heavy atom. The molecule has 2 heterocycles. The summed E-state index contributed by atoms with van der Waals surface area (Å²) in [6.07, 6.45) is 1.86. The van der Waals surface area contributed by atoms with Crippen molar-refractivity contribution in [2.75, 3.05) is 23.5 Å². The smallest absolute Gasteiger partial charge is 0.129 e. The maximum absolute atomic E-state index is 6.38. The zero-order valence-electron chi connectivity index (χ0n) is 22.8. The van der Waals surface area contributed by atoms with Gasteiger partial charge in [-0.15, -0.1) is 0 Å². The number of aromatic nitrogens is 1. The quantitative estimate of drug-likeness (QED) is 0.214. The van der Waals surface area contributed by atoms with Gasteiger partial charge in [0.2, 0.25) is 0 Å². The Labute approximate surface area is 240 Å². The van der Waals surface area contributed by atoms with E-state index < -0.39 is 0 Å². The van der Waals surface area contributed by atoms with Crippen LogP contribution in [0.15, 0.2) is 146 Å². The van der Waals surface area contributed by atoms with Crippen LogP contribution in [0.25, 0.3) is 33.5 Å². The number of nitrogens with zero attached hydrogens (tertiary/aromatic N) is 3. The minimum absolute atomic E-state index is 0.774. The van der Waals surface area contributed by atoms with E-state index in [1.807, 2.05) is 42.6 Å². The highest BCUT2D eigenvalue weighted by atomic mass is 16.5. The van der Waals surface area contributed by atoms with E-state index in [1.165, 1.54) is 28.1 Å². The van der Waals surface area contributed by atoms with Gasteiger partial charge in [-0.05, 0) is 70.8 Å². The topological polar surface area (TPSA) is 28.6 Å². The lowest BCUT2D eigenvalue weighted by Gasteiger charge is -2.20. The van der Waals surface area contributed by atoms with Crippen LogP contribution in [0.3, 0.4) is 0 Å². The van der Waals surface area contributed by atoms with E-state index in [0.717, 1.165) is 40.7 Å². The van der Waals surface area contributed by atoms with Crippen LogP contribution in [-0.4, -0.2) is 18.7 Å². The highest BCUT2D eigenvalue weighted by molar-refractivity contribution is 5.86. The molecule has 0 N–H and O–H groups in total. The molecule has 1 aromatic heterocycles. The van der Waals surface area contributed by atoms with E-state index >= 15 is 0 Å². The van der Waals surface area contributed by atoms with Gasteiger partial charge in [0.15, 0.2) is 0 Å². The van der Waals surface area contributed by atoms with Gasteiger partial charge in [-0.3, -0.25) is 4.98 Å². The molecule has 0 atom stereocenters. The molecule has 198 valence electrons. The normalized spacial score (nSPS) is 12.3. The molecule has 1 aliphatic heterocycles. The predicted octanol–water partition coefficient (Wildman–Crippen LogP) is 9.42. The maximum atomic E-state index is 6.38. The van der Waals surface area contributed by atoms with Crippen molar-refractivity contribution >= 4 is 17.1 Å². The summed E-state index contributed by atoms with van der Waals surface area (Å²) in [6.45, 7) is 0.774. The molecule has 1 aliphatic rings. The molecule has 0 radical (unpaired) electrons. The lowest BCUT2D eigenvalue weighted by molar-refractivity contribution is 0.483. The van der Waals surface area contributed by atoms with E-state index in [2.05, 4.69) is 125 Å². The highest BCUT2D eigenvalue weighted by Crippen LogP contribution is 2.43. The average Bonchev–Trinajstić information content (AvgIpc) is 3.38. The summed E-state index contributed by atoms with van der Waals surface area (Å²) < 4.78 is 6.38. The number of pyridine rings is 1. The van der Waals surface area contributed by atoms with Gasteiger partial charge in [0, 0.05) is 30.6 Å². The maximum Gasteiger partial charge on any atom is 0.129 e. The summed E-state index contributed by atoms with van der Waals surface area (Å²) in [7, 11) is 2.14. The summed E-state index contributed by atoms with van der Waals surface area (Å²) in [5.74, 6) is 1.57. The van der Waals surface area contributed by atoms with Crippen molar-refractivity contribution in [1.82, 2.24) is 4.98 Å². The van der Waals surface area contributed by atoms with Gasteiger partial charge < -0.3 is 14.5 Å². The first-order valence-corrected chi connectivity index (χ1v) is 13.8. The molecular formula is C37H29N3O. The van der Waals surface area contributed by atoms with E-state index in [0.29, 0.717) is 0 Å². The molecule has 7 rings (SSSR count). The van der Waals surface area contributed by atoms with E-state index in [-0.39, 0.29) is 0 Å². The fourth-order valence-electron chi connectivity index (χ4n) is 5.42. The summed E-state index contributed by atoms with van der Waals surface area (Å²) in [4.78, 5) is 9.25. The standard InChI is InChI=1S/C37H29N3O/c1-39-26-40(36-19-18-29(24-37(36)39)27-10-4-2-5-11-27)32-15-9-17-34(25-32)41-33-16-8-14-31(22-33)35-23-30(20-21-38-35)28-12-6-3-7-13-28/h2-25H,26H2,1H3. The number of rotatable bonds is 6. The summed E-state index contributed by atoms with van der Waals surface area (Å²) in [6, 6.07) is 48.2. The second-order valence-corrected chi connectivity index (χ2v) is 10.3. The first-order valence-electron chi connectivity index (χ1n) is 13.8. The summed E-state index contributed by atoms with van der Waals surface area (Å²) in [5.41, 5.74) is 10.2. The Hall–Kier alpha value is -5.35. The van der Waals surface area contributed by atoms with Crippen LogP contribution >= 0.6 is 0 Å². The second kappa shape index (κ2) is 10.7. The number of anilines is 3. The molecule has 0 amide bonds. The Bertz CT molecular complexity index is 1820. The molecular weight excluding hydrogens is 502 g/mol. The van der Waals surface area contributed by atoms with Gasteiger partial charge in [-0.25, -0.2) is 0 Å². The van der Waals surface area contributed by atoms with Gasteiger partial charge in [0.05, 0.1) is 23.7 Å². The third-order valence-electron chi connectivity index (χ3n) is 7.50. The van der Waals surface area contributed by atoms with Crippen LogP contribution in [0.5, 0.6) is 11.5 Å². The van der Waals surface area contributed by atoms with Gasteiger partial charge in [0.25, 0.3) is 0 Å². The third kappa shape index (κ3) is 5.04. The minimum atomic E-state index is 0.774. The van der Waals surface area contributed by atoms with Crippen molar-refractivity contribution in [2.24, 2.45) is 0 Å². The molecule has 0 saturated carbocycles. The molecule has 5 aromatic carbocycles. The lowest BCUT2D eigenvalue weighted by Crippen LogP contribution is -2.23. The van der Waals surface area contributed by atoms with Crippen LogP contribution < -0.4 is 14.5 Å². The van der Waals surface area contributed by atoms with Crippen LogP contribution in [-0.2, 0) is 0 Å². The zero-order valence-corrected chi connectivity index (χ0v) is 22.8. The Morgan fingerprint density at radius 2 is 1.20 bits per heavy atom. The Balaban J connectivity index is 1.13. The Kier molecular flexibility index (Phi) is 6.42. The minimum Gasteiger partial charge on any atom is -0.457 e. The second-order valence-electron chi connectivity index (χ2n) is 10.3. The van der Waals surface area contributed by atoms with Crippen molar-refractivity contribution in [2.45, 2.75) is 0 Å². The molecule has 6 aromatic rings.